The fourth-order valence-electron chi connectivity index (χ4n) is 3.14. The Morgan fingerprint density at radius 2 is 1.62 bits per heavy atom. The molecule has 0 saturated heterocycles. The predicted octanol–water partition coefficient (Wildman–Crippen LogP) is 4.31. The zero-order valence-corrected chi connectivity index (χ0v) is 19.1. The van der Waals surface area contributed by atoms with Crippen LogP contribution >= 0.6 is 11.6 Å². The summed E-state index contributed by atoms with van der Waals surface area (Å²) in [5, 5.41) is 3.47. The Balaban J connectivity index is 1.69. The van der Waals surface area contributed by atoms with E-state index in [0.29, 0.717) is 17.1 Å². The van der Waals surface area contributed by atoms with Crippen LogP contribution in [-0.2, 0) is 10.0 Å². The summed E-state index contributed by atoms with van der Waals surface area (Å²) in [6, 6.07) is 18.2. The number of hydrogen-bond donors (Lipinski definition) is 2. The normalized spacial score (nSPS) is 12.4. The number of sulfonamides is 1. The van der Waals surface area contributed by atoms with Gasteiger partial charge in [-0.3, -0.25) is 9.52 Å². The third-order valence-corrected chi connectivity index (χ3v) is 6.61. The molecule has 0 heterocycles. The number of nitrogens with zero attached hydrogens (tertiary/aromatic N) is 1. The lowest BCUT2D eigenvalue weighted by Gasteiger charge is -2.26. The summed E-state index contributed by atoms with van der Waals surface area (Å²) in [4.78, 5) is 14.5. The summed E-state index contributed by atoms with van der Waals surface area (Å²) in [5.74, 6) is -1.03. The average Bonchev–Trinajstić information content (AvgIpc) is 2.76. The number of amides is 1. The molecule has 0 spiro atoms. The monoisotopic (exact) mass is 475 g/mol. The van der Waals surface area contributed by atoms with Crippen molar-refractivity contribution >= 4 is 33.2 Å². The summed E-state index contributed by atoms with van der Waals surface area (Å²) < 4.78 is 41.0. The van der Waals surface area contributed by atoms with Gasteiger partial charge in [-0.25, -0.2) is 12.8 Å². The number of rotatable bonds is 8. The highest BCUT2D eigenvalue weighted by Crippen LogP contribution is 2.25. The van der Waals surface area contributed by atoms with E-state index in [0.717, 1.165) is 11.6 Å². The van der Waals surface area contributed by atoms with E-state index in [1.807, 2.05) is 37.2 Å². The second-order valence-corrected chi connectivity index (χ2v) is 9.41. The van der Waals surface area contributed by atoms with Crippen LogP contribution < -0.4 is 10.0 Å². The fourth-order valence-corrected chi connectivity index (χ4v) is 4.47. The van der Waals surface area contributed by atoms with Crippen LogP contribution in [0.1, 0.15) is 22.0 Å². The van der Waals surface area contributed by atoms with E-state index in [-0.39, 0.29) is 22.5 Å². The van der Waals surface area contributed by atoms with Crippen LogP contribution in [0.2, 0.25) is 5.02 Å². The summed E-state index contributed by atoms with van der Waals surface area (Å²) >= 11 is 6.30. The molecular weight excluding hydrogens is 453 g/mol. The second kappa shape index (κ2) is 10.1. The molecule has 0 aliphatic heterocycles. The number of anilines is 1. The largest absolute Gasteiger partial charge is 0.350 e. The van der Waals surface area contributed by atoms with Gasteiger partial charge in [-0.1, -0.05) is 41.9 Å². The first kappa shape index (κ1) is 23.7. The number of halogens is 2. The third-order valence-electron chi connectivity index (χ3n) is 4.89. The minimum atomic E-state index is -4.00. The van der Waals surface area contributed by atoms with Crippen molar-refractivity contribution in [3.8, 4) is 0 Å². The lowest BCUT2D eigenvalue weighted by Crippen LogP contribution is -2.34. The van der Waals surface area contributed by atoms with Gasteiger partial charge in [0.1, 0.15) is 5.82 Å². The van der Waals surface area contributed by atoms with Gasteiger partial charge in [0.25, 0.3) is 15.9 Å². The number of carbonyl (C=O) groups is 1. The third kappa shape index (κ3) is 5.64. The van der Waals surface area contributed by atoms with Gasteiger partial charge in [0.15, 0.2) is 0 Å². The summed E-state index contributed by atoms with van der Waals surface area (Å²) in [5.41, 5.74) is 1.04. The number of likely N-dealkylation sites (N-methyl/N-ethyl adjacent to an activating group) is 1. The van der Waals surface area contributed by atoms with Gasteiger partial charge in [0.2, 0.25) is 0 Å². The Labute approximate surface area is 192 Å². The van der Waals surface area contributed by atoms with Crippen molar-refractivity contribution in [3.63, 3.8) is 0 Å². The van der Waals surface area contributed by atoms with Gasteiger partial charge in [-0.05, 0) is 62.1 Å². The van der Waals surface area contributed by atoms with Crippen LogP contribution in [-0.4, -0.2) is 39.9 Å². The molecule has 6 nitrogen and oxygen atoms in total. The van der Waals surface area contributed by atoms with Crippen molar-refractivity contribution in [2.24, 2.45) is 0 Å². The van der Waals surface area contributed by atoms with Crippen molar-refractivity contribution < 1.29 is 17.6 Å². The first-order valence-electron chi connectivity index (χ1n) is 9.75. The van der Waals surface area contributed by atoms with E-state index in [2.05, 4.69) is 10.0 Å². The van der Waals surface area contributed by atoms with E-state index in [4.69, 9.17) is 11.6 Å². The molecule has 2 N–H and O–H groups in total. The van der Waals surface area contributed by atoms with Gasteiger partial charge >= 0.3 is 0 Å². The Morgan fingerprint density at radius 3 is 2.25 bits per heavy atom. The Hall–Kier alpha value is -2.94. The van der Waals surface area contributed by atoms with E-state index < -0.39 is 15.8 Å². The van der Waals surface area contributed by atoms with Crippen LogP contribution in [0.15, 0.2) is 77.7 Å². The molecule has 1 unspecified atom stereocenters. The molecule has 3 aromatic rings. The second-order valence-electron chi connectivity index (χ2n) is 7.32. The molecule has 1 atom stereocenters. The molecule has 1 amide bonds. The molecule has 168 valence electrons. The summed E-state index contributed by atoms with van der Waals surface area (Å²) in [7, 11) is -0.217. The van der Waals surface area contributed by atoms with Gasteiger partial charge in [0, 0.05) is 17.1 Å². The Kier molecular flexibility index (Phi) is 7.50. The molecule has 0 radical (unpaired) electrons. The van der Waals surface area contributed by atoms with Crippen LogP contribution in [0.3, 0.4) is 0 Å². The minimum Gasteiger partial charge on any atom is -0.350 e. The van der Waals surface area contributed by atoms with Crippen molar-refractivity contribution in [2.45, 2.75) is 10.9 Å². The van der Waals surface area contributed by atoms with E-state index >= 15 is 0 Å². The molecule has 0 fully saturated rings. The standard InChI is InChI=1S/C23H23ClFN3O3S/c1-28(2)22(18-7-3-4-8-19(18)24)15-26-23(29)16-11-13-17(14-12-16)32(30,31)27-21-10-6-5-9-20(21)25/h3-14,22,27H,15H2,1-2H3,(H,26,29). The number of carbonyl (C=O) groups excluding carboxylic acids is 1. The number of para-hydroxylation sites is 1. The van der Waals surface area contributed by atoms with Crippen LogP contribution in [0.5, 0.6) is 0 Å². The molecule has 0 saturated carbocycles. The molecule has 0 aromatic heterocycles. The number of hydrogen-bond acceptors (Lipinski definition) is 4. The predicted molar refractivity (Wildman–Crippen MR) is 124 cm³/mol. The lowest BCUT2D eigenvalue weighted by atomic mass is 10.1. The molecule has 9 heteroatoms. The van der Waals surface area contributed by atoms with Gasteiger partial charge in [-0.2, -0.15) is 0 Å². The minimum absolute atomic E-state index is 0.0838. The zero-order chi connectivity index (χ0) is 23.3. The maximum Gasteiger partial charge on any atom is 0.261 e. The van der Waals surface area contributed by atoms with E-state index in [9.17, 15) is 17.6 Å². The number of benzene rings is 3. The first-order chi connectivity index (χ1) is 15.2. The molecule has 32 heavy (non-hydrogen) atoms. The SMILES string of the molecule is CN(C)C(CNC(=O)c1ccc(S(=O)(=O)Nc2ccccc2F)cc1)c1ccccc1Cl. The molecular formula is C23H23ClFN3O3S. The molecule has 3 rings (SSSR count). The average molecular weight is 476 g/mol. The maximum absolute atomic E-state index is 13.8. The quantitative estimate of drug-likeness (QED) is 0.508. The van der Waals surface area contributed by atoms with Gasteiger partial charge in [0.05, 0.1) is 16.6 Å². The highest BCUT2D eigenvalue weighted by Gasteiger charge is 2.20. The van der Waals surface area contributed by atoms with Crippen molar-refractivity contribution in [1.82, 2.24) is 10.2 Å². The van der Waals surface area contributed by atoms with E-state index in [1.54, 1.807) is 6.07 Å². The van der Waals surface area contributed by atoms with Gasteiger partial charge in [-0.15, -0.1) is 0 Å². The first-order valence-corrected chi connectivity index (χ1v) is 11.6. The molecule has 3 aromatic carbocycles. The molecule has 0 bridgehead atoms. The zero-order valence-electron chi connectivity index (χ0n) is 17.5. The molecule has 0 aliphatic carbocycles. The smallest absolute Gasteiger partial charge is 0.261 e. The van der Waals surface area contributed by atoms with Crippen molar-refractivity contribution in [2.75, 3.05) is 25.4 Å². The highest BCUT2D eigenvalue weighted by molar-refractivity contribution is 7.92. The van der Waals surface area contributed by atoms with Gasteiger partial charge < -0.3 is 10.2 Å². The topological polar surface area (TPSA) is 78.5 Å². The maximum atomic E-state index is 13.8. The van der Waals surface area contributed by atoms with Crippen molar-refractivity contribution in [1.29, 1.82) is 0 Å². The Morgan fingerprint density at radius 1 is 1.00 bits per heavy atom. The lowest BCUT2D eigenvalue weighted by molar-refractivity contribution is 0.0942. The molecule has 0 aliphatic rings. The summed E-state index contributed by atoms with van der Waals surface area (Å²) in [6.07, 6.45) is 0. The number of nitrogens with one attached hydrogen (secondary N) is 2. The van der Waals surface area contributed by atoms with Crippen LogP contribution in [0.4, 0.5) is 10.1 Å². The van der Waals surface area contributed by atoms with Crippen molar-refractivity contribution in [3.05, 3.63) is 94.8 Å². The van der Waals surface area contributed by atoms with Crippen LogP contribution in [0, 0.1) is 5.82 Å². The summed E-state index contributed by atoms with van der Waals surface area (Å²) in [6.45, 7) is 0.310. The Bertz CT molecular complexity index is 1200. The highest BCUT2D eigenvalue weighted by atomic mass is 35.5. The van der Waals surface area contributed by atoms with Crippen LogP contribution in [0.25, 0.3) is 0 Å². The fraction of sp³-hybridized carbons (Fsp3) is 0.174. The van der Waals surface area contributed by atoms with E-state index in [1.165, 1.54) is 42.5 Å².